The largest absolute Gasteiger partial charge is 0.495 e. The number of methoxy groups -OCH3 is 1. The highest BCUT2D eigenvalue weighted by Crippen LogP contribution is 2.27. The van der Waals surface area contributed by atoms with Crippen molar-refractivity contribution < 1.29 is 4.74 Å². The summed E-state index contributed by atoms with van der Waals surface area (Å²) in [4.78, 5) is 0. The van der Waals surface area contributed by atoms with Gasteiger partial charge in [0, 0.05) is 12.6 Å². The Balaban J connectivity index is 2.74. The summed E-state index contributed by atoms with van der Waals surface area (Å²) >= 11 is 6.08. The molecular formula is C13H19ClN2O. The van der Waals surface area contributed by atoms with Crippen molar-refractivity contribution in [2.75, 3.05) is 20.2 Å². The van der Waals surface area contributed by atoms with Gasteiger partial charge in [-0.1, -0.05) is 23.7 Å². The number of halogens is 1. The second kappa shape index (κ2) is 7.33. The zero-order chi connectivity index (χ0) is 12.7. The average Bonchev–Trinajstić information content (AvgIpc) is 2.35. The Kier molecular flexibility index (Phi) is 6.05. The highest BCUT2D eigenvalue weighted by molar-refractivity contribution is 6.32. The lowest BCUT2D eigenvalue weighted by Gasteiger charge is -2.17. The Bertz CT molecular complexity index is 368. The summed E-state index contributed by atoms with van der Waals surface area (Å²) in [7, 11) is 1.60. The van der Waals surface area contributed by atoms with Crippen molar-refractivity contribution in [3.05, 3.63) is 41.4 Å². The van der Waals surface area contributed by atoms with Gasteiger partial charge in [0.2, 0.25) is 0 Å². The van der Waals surface area contributed by atoms with Gasteiger partial charge in [0.1, 0.15) is 5.75 Å². The molecule has 0 saturated heterocycles. The van der Waals surface area contributed by atoms with Crippen molar-refractivity contribution >= 4 is 11.6 Å². The number of nitrogens with one attached hydrogen (secondary N) is 1. The molecule has 0 bridgehead atoms. The van der Waals surface area contributed by atoms with Gasteiger partial charge in [0.05, 0.1) is 12.1 Å². The van der Waals surface area contributed by atoms with Gasteiger partial charge in [-0.25, -0.2) is 0 Å². The van der Waals surface area contributed by atoms with E-state index in [1.54, 1.807) is 7.11 Å². The van der Waals surface area contributed by atoms with Crippen molar-refractivity contribution in [1.82, 2.24) is 5.32 Å². The third-order valence-electron chi connectivity index (χ3n) is 2.55. The van der Waals surface area contributed by atoms with E-state index < -0.39 is 0 Å². The number of hydrogen-bond acceptors (Lipinski definition) is 3. The van der Waals surface area contributed by atoms with Crippen LogP contribution in [0.4, 0.5) is 0 Å². The monoisotopic (exact) mass is 254 g/mol. The minimum absolute atomic E-state index is 0.110. The Labute approximate surface area is 108 Å². The third-order valence-corrected chi connectivity index (χ3v) is 2.85. The predicted octanol–water partition coefficient (Wildman–Crippen LogP) is 2.51. The molecule has 1 rings (SSSR count). The van der Waals surface area contributed by atoms with Crippen LogP contribution in [0.1, 0.15) is 18.0 Å². The van der Waals surface area contributed by atoms with Gasteiger partial charge in [-0.3, -0.25) is 0 Å². The number of nitrogens with two attached hydrogens (primary N) is 1. The summed E-state index contributed by atoms with van der Waals surface area (Å²) in [6.07, 6.45) is 2.79. The van der Waals surface area contributed by atoms with Crippen molar-refractivity contribution in [2.24, 2.45) is 5.73 Å². The lowest BCUT2D eigenvalue weighted by Crippen LogP contribution is -2.28. The molecule has 1 aromatic carbocycles. The second-order valence-corrected chi connectivity index (χ2v) is 4.12. The summed E-state index contributed by atoms with van der Waals surface area (Å²) in [5, 5.41) is 3.96. The molecule has 0 spiro atoms. The van der Waals surface area contributed by atoms with Crippen molar-refractivity contribution in [2.45, 2.75) is 12.5 Å². The molecule has 3 N–H and O–H groups in total. The fraction of sp³-hybridized carbons (Fsp3) is 0.385. The molecule has 1 atom stereocenters. The van der Waals surface area contributed by atoms with Gasteiger partial charge in [0.15, 0.2) is 0 Å². The maximum absolute atomic E-state index is 6.08. The van der Waals surface area contributed by atoms with E-state index in [1.807, 2.05) is 24.3 Å². The van der Waals surface area contributed by atoms with E-state index in [-0.39, 0.29) is 6.04 Å². The van der Waals surface area contributed by atoms with Crippen molar-refractivity contribution in [3.63, 3.8) is 0 Å². The molecule has 0 aliphatic rings. The molecular weight excluding hydrogens is 236 g/mol. The molecule has 0 aromatic heterocycles. The van der Waals surface area contributed by atoms with E-state index in [4.69, 9.17) is 22.1 Å². The Morgan fingerprint density at radius 3 is 2.88 bits per heavy atom. The van der Waals surface area contributed by atoms with E-state index >= 15 is 0 Å². The first kappa shape index (κ1) is 14.0. The fourth-order valence-electron chi connectivity index (χ4n) is 1.60. The molecule has 94 valence electrons. The molecule has 0 amide bonds. The molecule has 0 aliphatic carbocycles. The second-order valence-electron chi connectivity index (χ2n) is 3.71. The van der Waals surface area contributed by atoms with Crippen LogP contribution in [-0.4, -0.2) is 20.2 Å². The molecule has 0 fully saturated rings. The Morgan fingerprint density at radius 2 is 2.35 bits per heavy atom. The van der Waals surface area contributed by atoms with Crippen LogP contribution in [-0.2, 0) is 0 Å². The normalized spacial score (nSPS) is 12.2. The number of benzene rings is 1. The average molecular weight is 255 g/mol. The molecule has 4 heteroatoms. The van der Waals surface area contributed by atoms with Crippen LogP contribution >= 0.6 is 11.6 Å². The van der Waals surface area contributed by atoms with Gasteiger partial charge < -0.3 is 15.8 Å². The SMILES string of the molecule is C=CCCNC(CN)c1ccc(OC)c(Cl)c1. The zero-order valence-corrected chi connectivity index (χ0v) is 10.8. The van der Waals surface area contributed by atoms with Crippen LogP contribution < -0.4 is 15.8 Å². The maximum atomic E-state index is 6.08. The standard InChI is InChI=1S/C13H19ClN2O/c1-3-4-7-16-12(9-15)10-5-6-13(17-2)11(14)8-10/h3,5-6,8,12,16H,1,4,7,9,15H2,2H3. The van der Waals surface area contributed by atoms with Crippen LogP contribution in [0, 0.1) is 0 Å². The van der Waals surface area contributed by atoms with Crippen LogP contribution in [0.2, 0.25) is 5.02 Å². The topological polar surface area (TPSA) is 47.3 Å². The summed E-state index contributed by atoms with van der Waals surface area (Å²) < 4.78 is 5.12. The zero-order valence-electron chi connectivity index (χ0n) is 10.1. The molecule has 0 aliphatic heterocycles. The van der Waals surface area contributed by atoms with E-state index in [2.05, 4.69) is 11.9 Å². The van der Waals surface area contributed by atoms with Crippen LogP contribution in [0.15, 0.2) is 30.9 Å². The first-order valence-corrected chi connectivity index (χ1v) is 5.98. The van der Waals surface area contributed by atoms with Gasteiger partial charge >= 0.3 is 0 Å². The van der Waals surface area contributed by atoms with Gasteiger partial charge in [0.25, 0.3) is 0 Å². The molecule has 0 saturated carbocycles. The molecule has 3 nitrogen and oxygen atoms in total. The molecule has 1 aromatic rings. The molecule has 1 unspecified atom stereocenters. The fourth-order valence-corrected chi connectivity index (χ4v) is 1.86. The van der Waals surface area contributed by atoms with E-state index in [1.165, 1.54) is 0 Å². The van der Waals surface area contributed by atoms with E-state index in [0.717, 1.165) is 18.5 Å². The number of hydrogen-bond donors (Lipinski definition) is 2. The summed E-state index contributed by atoms with van der Waals surface area (Å²) in [5.41, 5.74) is 6.82. The third kappa shape index (κ3) is 4.04. The lowest BCUT2D eigenvalue weighted by atomic mass is 10.1. The number of rotatable bonds is 7. The van der Waals surface area contributed by atoms with Crippen LogP contribution in [0.5, 0.6) is 5.75 Å². The van der Waals surface area contributed by atoms with Gasteiger partial charge in [-0.15, -0.1) is 6.58 Å². The Hall–Kier alpha value is -1.03. The minimum Gasteiger partial charge on any atom is -0.495 e. The molecule has 0 heterocycles. The quantitative estimate of drug-likeness (QED) is 0.581. The van der Waals surface area contributed by atoms with Crippen molar-refractivity contribution in [1.29, 1.82) is 0 Å². The van der Waals surface area contributed by atoms with Crippen LogP contribution in [0.3, 0.4) is 0 Å². The number of ether oxygens (including phenoxy) is 1. The van der Waals surface area contributed by atoms with Crippen molar-refractivity contribution in [3.8, 4) is 5.75 Å². The predicted molar refractivity (Wildman–Crippen MR) is 72.6 cm³/mol. The molecule has 17 heavy (non-hydrogen) atoms. The van der Waals surface area contributed by atoms with Gasteiger partial charge in [-0.2, -0.15) is 0 Å². The highest BCUT2D eigenvalue weighted by atomic mass is 35.5. The Morgan fingerprint density at radius 1 is 1.59 bits per heavy atom. The minimum atomic E-state index is 0.110. The lowest BCUT2D eigenvalue weighted by molar-refractivity contribution is 0.414. The van der Waals surface area contributed by atoms with Gasteiger partial charge in [-0.05, 0) is 30.7 Å². The first-order valence-electron chi connectivity index (χ1n) is 5.60. The van der Waals surface area contributed by atoms with Crippen LogP contribution in [0.25, 0.3) is 0 Å². The van der Waals surface area contributed by atoms with E-state index in [9.17, 15) is 0 Å². The summed E-state index contributed by atoms with van der Waals surface area (Å²) in [6, 6.07) is 5.83. The summed E-state index contributed by atoms with van der Waals surface area (Å²) in [5.74, 6) is 0.678. The summed E-state index contributed by atoms with van der Waals surface area (Å²) in [6.45, 7) is 5.07. The first-order chi connectivity index (χ1) is 8.22. The maximum Gasteiger partial charge on any atom is 0.137 e. The smallest absolute Gasteiger partial charge is 0.137 e. The molecule has 0 radical (unpaired) electrons. The highest BCUT2D eigenvalue weighted by Gasteiger charge is 2.10. The van der Waals surface area contributed by atoms with E-state index in [0.29, 0.717) is 17.3 Å².